The van der Waals surface area contributed by atoms with Crippen LogP contribution >= 0.6 is 0 Å². The van der Waals surface area contributed by atoms with Gasteiger partial charge in [-0.3, -0.25) is 14.4 Å². The summed E-state index contributed by atoms with van der Waals surface area (Å²) < 4.78 is 25.2. The number of methoxy groups -OCH3 is 1. The maximum Gasteiger partial charge on any atom is 0.411 e. The van der Waals surface area contributed by atoms with Crippen molar-refractivity contribution < 1.29 is 42.9 Å². The molecular weight excluding hydrogens is 698 g/mol. The van der Waals surface area contributed by atoms with Gasteiger partial charge in [-0.1, -0.05) is 24.8 Å². The lowest BCUT2D eigenvalue weighted by atomic mass is 9.83. The molecule has 2 aliphatic heterocycles. The number of aromatic nitrogens is 3. The van der Waals surface area contributed by atoms with Gasteiger partial charge in [0, 0.05) is 68.1 Å². The van der Waals surface area contributed by atoms with Gasteiger partial charge in [0.25, 0.3) is 11.2 Å². The van der Waals surface area contributed by atoms with Gasteiger partial charge in [0.1, 0.15) is 18.9 Å². The Balaban J connectivity index is 1.07. The molecule has 3 aromatic heterocycles. The van der Waals surface area contributed by atoms with Gasteiger partial charge in [-0.2, -0.15) is 0 Å². The topological polar surface area (TPSA) is 169 Å². The zero-order chi connectivity index (χ0) is 38.8. The molecule has 0 saturated heterocycles. The molecule has 15 heteroatoms. The first-order valence-corrected chi connectivity index (χ1v) is 17.0. The molecule has 0 spiro atoms. The molecule has 0 unspecified atom stereocenters. The van der Waals surface area contributed by atoms with Crippen molar-refractivity contribution in [2.24, 2.45) is 7.05 Å². The first kappa shape index (κ1) is 35.9. The van der Waals surface area contributed by atoms with E-state index < -0.39 is 40.9 Å². The Labute approximate surface area is 309 Å². The standard InChI is InChI=1S/C39H37N5O10/c1-20(2)39(26-15-28-32-23(14-22-10-8-9-11-27(22)40-32)17-44(28)35(47)25(26)19-52-36(39)48)54-38(50)42(5)13-12-41(4)37(49)53-18-24-21(3)43(6)33-29(45)16-30(51-7)34(46)31(24)33/h8-11,14-16H,1,12-13,17-19H2,2-7H3/t39-/m0/s1. The number of amides is 2. The van der Waals surface area contributed by atoms with Crippen LogP contribution in [-0.4, -0.2) is 87.9 Å². The quantitative estimate of drug-likeness (QED) is 0.128. The number of hydrogen-bond donors (Lipinski definition) is 0. The Hall–Kier alpha value is -6.51. The summed E-state index contributed by atoms with van der Waals surface area (Å²) in [5.74, 6) is -1.89. The molecule has 7 rings (SSSR count). The van der Waals surface area contributed by atoms with Crippen molar-refractivity contribution in [3.05, 3.63) is 110 Å². The number of para-hydroxylation sites is 1. The Morgan fingerprint density at radius 1 is 1.06 bits per heavy atom. The lowest BCUT2D eigenvalue weighted by Gasteiger charge is -2.37. The molecule has 4 aromatic rings. The van der Waals surface area contributed by atoms with Gasteiger partial charge in [0.2, 0.25) is 11.6 Å². The Morgan fingerprint density at radius 2 is 1.76 bits per heavy atom. The minimum atomic E-state index is -2.14. The number of likely N-dealkylation sites (N-methyl/N-ethyl adjacent to an activating group) is 2. The summed E-state index contributed by atoms with van der Waals surface area (Å²) in [6.45, 7) is 6.79. The zero-order valence-electron chi connectivity index (χ0n) is 30.6. The molecule has 2 amide bonds. The van der Waals surface area contributed by atoms with E-state index in [0.717, 1.165) is 22.5 Å². The van der Waals surface area contributed by atoms with Crippen LogP contribution in [0.25, 0.3) is 22.3 Å². The SMILES string of the molecule is C=C(C)[C@@]1(OC(=O)N(C)CCN(C)C(=O)OCc2c3c(n(C)c2C)C(=O)C=C(OC)C3=O)C(=O)OCc2c1cc1n(c2=O)Cc2cc3ccccc3nc2-1. The third-order valence-corrected chi connectivity index (χ3v) is 10.3. The van der Waals surface area contributed by atoms with Crippen molar-refractivity contribution in [1.82, 2.24) is 23.9 Å². The second kappa shape index (κ2) is 13.2. The van der Waals surface area contributed by atoms with E-state index in [9.17, 15) is 28.8 Å². The molecule has 0 radical (unpaired) electrons. The van der Waals surface area contributed by atoms with E-state index in [1.807, 2.05) is 30.3 Å². The van der Waals surface area contributed by atoms with E-state index in [0.29, 0.717) is 22.6 Å². The van der Waals surface area contributed by atoms with Crippen molar-refractivity contribution in [2.45, 2.75) is 39.2 Å². The maximum absolute atomic E-state index is 13.9. The highest BCUT2D eigenvalue weighted by molar-refractivity contribution is 6.24. The molecule has 3 aliphatic rings. The number of allylic oxidation sites excluding steroid dienone is 2. The molecule has 0 bridgehead atoms. The van der Waals surface area contributed by atoms with Crippen LogP contribution in [-0.2, 0) is 56.1 Å². The second-order valence-electron chi connectivity index (χ2n) is 13.6. The highest BCUT2D eigenvalue weighted by Gasteiger charge is 2.53. The molecular formula is C39H37N5O10. The van der Waals surface area contributed by atoms with E-state index in [2.05, 4.69) is 6.58 Å². The van der Waals surface area contributed by atoms with Crippen molar-refractivity contribution in [2.75, 3.05) is 34.3 Å². The summed E-state index contributed by atoms with van der Waals surface area (Å²) in [6.07, 6.45) is -0.565. The predicted molar refractivity (Wildman–Crippen MR) is 193 cm³/mol. The number of fused-ring (bicyclic) bond motifs is 6. The lowest BCUT2D eigenvalue weighted by molar-refractivity contribution is -0.168. The van der Waals surface area contributed by atoms with Gasteiger partial charge in [-0.15, -0.1) is 0 Å². The summed E-state index contributed by atoms with van der Waals surface area (Å²) in [6, 6.07) is 11.2. The van der Waals surface area contributed by atoms with Crippen LogP contribution in [0.1, 0.15) is 55.7 Å². The molecule has 0 saturated carbocycles. The van der Waals surface area contributed by atoms with Crippen LogP contribution < -0.4 is 5.56 Å². The van der Waals surface area contributed by atoms with E-state index >= 15 is 0 Å². The highest BCUT2D eigenvalue weighted by atomic mass is 16.6. The number of ketones is 2. The lowest BCUT2D eigenvalue weighted by Crippen LogP contribution is -2.50. The van der Waals surface area contributed by atoms with Crippen LogP contribution in [0.15, 0.2) is 65.2 Å². The van der Waals surface area contributed by atoms with Gasteiger partial charge in [-0.25, -0.2) is 19.4 Å². The number of hydrogen-bond acceptors (Lipinski definition) is 11. The number of esters is 1. The smallest absolute Gasteiger partial charge is 0.411 e. The highest BCUT2D eigenvalue weighted by Crippen LogP contribution is 2.43. The monoisotopic (exact) mass is 735 g/mol. The average Bonchev–Trinajstić information content (AvgIpc) is 3.64. The van der Waals surface area contributed by atoms with E-state index in [-0.39, 0.29) is 66.6 Å². The van der Waals surface area contributed by atoms with E-state index in [1.165, 1.54) is 37.9 Å². The molecule has 0 N–H and O–H groups in total. The number of carbonyl (C=O) groups is 5. The van der Waals surface area contributed by atoms with Crippen molar-refractivity contribution in [3.63, 3.8) is 0 Å². The minimum Gasteiger partial charge on any atom is -0.492 e. The molecule has 1 aromatic carbocycles. The van der Waals surface area contributed by atoms with Crippen molar-refractivity contribution >= 4 is 40.6 Å². The van der Waals surface area contributed by atoms with Crippen LogP contribution in [0, 0.1) is 6.92 Å². The molecule has 15 nitrogen and oxygen atoms in total. The number of benzene rings is 1. The summed E-state index contributed by atoms with van der Waals surface area (Å²) in [7, 11) is 5.82. The first-order valence-electron chi connectivity index (χ1n) is 17.0. The van der Waals surface area contributed by atoms with Crippen LogP contribution in [0.2, 0.25) is 0 Å². The number of nitrogens with zero attached hydrogens (tertiary/aromatic N) is 5. The normalized spacial score (nSPS) is 16.8. The van der Waals surface area contributed by atoms with Gasteiger partial charge >= 0.3 is 18.2 Å². The van der Waals surface area contributed by atoms with Gasteiger partial charge in [0.05, 0.1) is 41.7 Å². The van der Waals surface area contributed by atoms with Crippen molar-refractivity contribution in [3.8, 4) is 11.4 Å². The number of ether oxygens (including phenoxy) is 4. The Bertz CT molecular complexity index is 2460. The summed E-state index contributed by atoms with van der Waals surface area (Å²) in [5.41, 5.74) is 1.77. The fraction of sp³-hybridized carbons (Fsp3) is 0.308. The van der Waals surface area contributed by atoms with E-state index in [1.54, 1.807) is 29.2 Å². The molecule has 278 valence electrons. The predicted octanol–water partition coefficient (Wildman–Crippen LogP) is 4.15. The number of pyridine rings is 2. The van der Waals surface area contributed by atoms with Gasteiger partial charge in [0.15, 0.2) is 5.76 Å². The number of carbonyl (C=O) groups excluding carboxylic acids is 5. The molecule has 0 fully saturated rings. The number of Topliss-reactive ketones (excluding diaryl/α,β-unsaturated/α-hetero) is 1. The Morgan fingerprint density at radius 3 is 2.46 bits per heavy atom. The Kier molecular flexibility index (Phi) is 8.74. The maximum atomic E-state index is 13.9. The fourth-order valence-corrected chi connectivity index (χ4v) is 7.14. The average molecular weight is 736 g/mol. The number of rotatable bonds is 8. The van der Waals surface area contributed by atoms with E-state index in [4.69, 9.17) is 23.9 Å². The third kappa shape index (κ3) is 5.45. The first-order chi connectivity index (χ1) is 25.7. The molecule has 1 atom stereocenters. The summed E-state index contributed by atoms with van der Waals surface area (Å²) >= 11 is 0. The largest absolute Gasteiger partial charge is 0.492 e. The molecule has 5 heterocycles. The second-order valence-corrected chi connectivity index (χ2v) is 13.6. The third-order valence-electron chi connectivity index (χ3n) is 10.3. The fourth-order valence-electron chi connectivity index (χ4n) is 7.14. The number of cyclic esters (lactones) is 1. The zero-order valence-corrected chi connectivity index (χ0v) is 30.6. The minimum absolute atomic E-state index is 0.0172. The summed E-state index contributed by atoms with van der Waals surface area (Å²) in [5, 5.41) is 0.922. The van der Waals surface area contributed by atoms with Crippen LogP contribution in [0.5, 0.6) is 0 Å². The summed E-state index contributed by atoms with van der Waals surface area (Å²) in [4.78, 5) is 87.2. The molecule has 1 aliphatic carbocycles. The van der Waals surface area contributed by atoms with Crippen LogP contribution in [0.4, 0.5) is 9.59 Å². The van der Waals surface area contributed by atoms with Gasteiger partial charge in [-0.05, 0) is 37.6 Å². The molecule has 54 heavy (non-hydrogen) atoms. The van der Waals surface area contributed by atoms with Crippen LogP contribution in [0.3, 0.4) is 0 Å². The van der Waals surface area contributed by atoms with Gasteiger partial charge < -0.3 is 37.9 Å². The van der Waals surface area contributed by atoms with Crippen molar-refractivity contribution in [1.29, 1.82) is 0 Å².